The van der Waals surface area contributed by atoms with E-state index in [1.165, 1.54) is 17.9 Å². The first-order valence-corrected chi connectivity index (χ1v) is 13.3. The van der Waals surface area contributed by atoms with E-state index in [0.717, 1.165) is 22.9 Å². The number of hydrogen-bond donors (Lipinski definition) is 1. The highest BCUT2D eigenvalue weighted by Gasteiger charge is 2.33. The predicted molar refractivity (Wildman–Crippen MR) is 131 cm³/mol. The molecule has 2 amide bonds. The van der Waals surface area contributed by atoms with Crippen molar-refractivity contribution in [3.8, 4) is 0 Å². The number of nitrogens with one attached hydrogen (secondary N) is 1. The molecule has 1 atom stereocenters. The maximum Gasteiger partial charge on any atom is 0.416 e. The molecule has 0 saturated carbocycles. The molecule has 2 aromatic carbocycles. The van der Waals surface area contributed by atoms with Crippen molar-refractivity contribution < 1.29 is 31.2 Å². The van der Waals surface area contributed by atoms with Gasteiger partial charge in [-0.1, -0.05) is 41.1 Å². The summed E-state index contributed by atoms with van der Waals surface area (Å²) in [5.74, 6) is -1.17. The number of carbonyl (C=O) groups excluding carboxylic acids is 2. The van der Waals surface area contributed by atoms with Crippen LogP contribution in [0, 0.1) is 0 Å². The molecule has 12 heteroatoms. The van der Waals surface area contributed by atoms with Gasteiger partial charge in [-0.2, -0.15) is 13.2 Å². The molecule has 1 N–H and O–H groups in total. The summed E-state index contributed by atoms with van der Waals surface area (Å²) in [6.07, 6.45) is -3.21. The van der Waals surface area contributed by atoms with Crippen LogP contribution in [0.5, 0.6) is 0 Å². The van der Waals surface area contributed by atoms with Gasteiger partial charge in [0.05, 0.1) is 17.5 Å². The summed E-state index contributed by atoms with van der Waals surface area (Å²) < 4.78 is 66.0. The number of alkyl halides is 3. The molecule has 0 heterocycles. The average molecular weight is 578 g/mol. The zero-order valence-corrected chi connectivity index (χ0v) is 21.9. The second kappa shape index (κ2) is 11.9. The van der Waals surface area contributed by atoms with Gasteiger partial charge in [-0.3, -0.25) is 13.9 Å². The number of benzene rings is 2. The molecule has 0 unspecified atom stereocenters. The third kappa shape index (κ3) is 8.24. The first kappa shape index (κ1) is 28.6. The summed E-state index contributed by atoms with van der Waals surface area (Å²) in [5, 5.41) is 2.70. The molecule has 0 aliphatic carbocycles. The Hall–Kier alpha value is -2.60. The van der Waals surface area contributed by atoms with E-state index >= 15 is 0 Å². The normalized spacial score (nSPS) is 12.7. The second-order valence-electron chi connectivity index (χ2n) is 7.93. The van der Waals surface area contributed by atoms with Gasteiger partial charge in [0.15, 0.2) is 0 Å². The minimum Gasteiger partial charge on any atom is -0.354 e. The van der Waals surface area contributed by atoms with Gasteiger partial charge in [0.2, 0.25) is 21.8 Å². The highest BCUT2D eigenvalue weighted by Crippen LogP contribution is 2.32. The largest absolute Gasteiger partial charge is 0.416 e. The number of sulfonamides is 1. The van der Waals surface area contributed by atoms with Crippen molar-refractivity contribution in [3.05, 3.63) is 64.1 Å². The number of halogens is 4. The third-order valence-electron chi connectivity index (χ3n) is 5.12. The molecule has 2 rings (SSSR count). The Bertz CT molecular complexity index is 1140. The topological polar surface area (TPSA) is 86.8 Å². The van der Waals surface area contributed by atoms with Crippen LogP contribution in [0.2, 0.25) is 0 Å². The minimum absolute atomic E-state index is 0.00693. The Balaban J connectivity index is 2.41. The van der Waals surface area contributed by atoms with Gasteiger partial charge >= 0.3 is 6.18 Å². The Kier molecular flexibility index (Phi) is 9.73. The van der Waals surface area contributed by atoms with Crippen LogP contribution in [0.4, 0.5) is 18.9 Å². The maximum absolute atomic E-state index is 13.4. The van der Waals surface area contributed by atoms with E-state index in [9.17, 15) is 31.2 Å². The van der Waals surface area contributed by atoms with E-state index in [1.807, 2.05) is 6.92 Å². The maximum atomic E-state index is 13.4. The molecule has 0 aliphatic heterocycles. The molecule has 0 aromatic heterocycles. The van der Waals surface area contributed by atoms with E-state index in [2.05, 4.69) is 21.2 Å². The molecule has 0 radical (unpaired) electrons. The predicted octanol–water partition coefficient (Wildman–Crippen LogP) is 4.18. The van der Waals surface area contributed by atoms with E-state index in [1.54, 1.807) is 24.3 Å². The second-order valence-corrected chi connectivity index (χ2v) is 10.8. The molecule has 192 valence electrons. The van der Waals surface area contributed by atoms with Crippen LogP contribution >= 0.6 is 15.9 Å². The number of rotatable bonds is 10. The summed E-state index contributed by atoms with van der Waals surface area (Å²) in [4.78, 5) is 27.2. The number of nitrogens with zero attached hydrogens (tertiary/aromatic N) is 2. The van der Waals surface area contributed by atoms with Crippen molar-refractivity contribution in [1.29, 1.82) is 0 Å². The van der Waals surface area contributed by atoms with E-state index in [0.29, 0.717) is 28.9 Å². The first-order chi connectivity index (χ1) is 16.2. The van der Waals surface area contributed by atoms with Gasteiger partial charge in [-0.15, -0.1) is 0 Å². The highest BCUT2D eigenvalue weighted by atomic mass is 79.9. The van der Waals surface area contributed by atoms with Gasteiger partial charge in [0.25, 0.3) is 0 Å². The summed E-state index contributed by atoms with van der Waals surface area (Å²) in [6, 6.07) is 9.76. The van der Waals surface area contributed by atoms with Crippen LogP contribution in [-0.4, -0.2) is 50.5 Å². The van der Waals surface area contributed by atoms with E-state index in [-0.39, 0.29) is 12.2 Å². The quantitative estimate of drug-likeness (QED) is 0.459. The molecule has 35 heavy (non-hydrogen) atoms. The monoisotopic (exact) mass is 577 g/mol. The molecular formula is C23H27BrF3N3O4S. The molecule has 2 aromatic rings. The molecule has 7 nitrogen and oxygen atoms in total. The van der Waals surface area contributed by atoms with Crippen molar-refractivity contribution in [1.82, 2.24) is 10.2 Å². The van der Waals surface area contributed by atoms with Crippen LogP contribution in [0.25, 0.3) is 0 Å². The number of anilines is 1. The van der Waals surface area contributed by atoms with Gasteiger partial charge < -0.3 is 10.2 Å². The van der Waals surface area contributed by atoms with Gasteiger partial charge in [0, 0.05) is 17.6 Å². The SMILES string of the molecule is CCCNC(=O)[C@@H](C)N(Cc1ccc(Br)cc1)C(=O)CN(c1cccc(C(F)(F)F)c1)S(C)(=O)=O. The standard InChI is InChI=1S/C23H27BrF3N3O4S/c1-4-12-28-22(32)16(2)29(14-17-8-10-19(24)11-9-17)21(31)15-30(35(3,33)34)20-7-5-6-18(13-20)23(25,26)27/h5-11,13,16H,4,12,14-15H2,1-3H3,(H,28,32)/t16-/m1/s1. The van der Waals surface area contributed by atoms with E-state index < -0.39 is 46.2 Å². The van der Waals surface area contributed by atoms with Crippen LogP contribution in [0.1, 0.15) is 31.4 Å². The lowest BCUT2D eigenvalue weighted by Gasteiger charge is -2.31. The number of carbonyl (C=O) groups is 2. The third-order valence-corrected chi connectivity index (χ3v) is 6.79. The van der Waals surface area contributed by atoms with Gasteiger partial charge in [0.1, 0.15) is 12.6 Å². The van der Waals surface area contributed by atoms with Gasteiger partial charge in [-0.25, -0.2) is 8.42 Å². The van der Waals surface area contributed by atoms with Gasteiger partial charge in [-0.05, 0) is 49.2 Å². The fourth-order valence-electron chi connectivity index (χ4n) is 3.22. The Morgan fingerprint density at radius 3 is 2.29 bits per heavy atom. The van der Waals surface area contributed by atoms with Crippen molar-refractivity contribution >= 4 is 43.5 Å². The van der Waals surface area contributed by atoms with Crippen molar-refractivity contribution in [3.63, 3.8) is 0 Å². The lowest BCUT2D eigenvalue weighted by molar-refractivity contribution is -0.139. The van der Waals surface area contributed by atoms with Crippen LogP contribution in [0.3, 0.4) is 0 Å². The fourth-order valence-corrected chi connectivity index (χ4v) is 4.32. The molecule has 0 saturated heterocycles. The lowest BCUT2D eigenvalue weighted by atomic mass is 10.1. The summed E-state index contributed by atoms with van der Waals surface area (Å²) in [5.41, 5.74) is -0.667. The summed E-state index contributed by atoms with van der Waals surface area (Å²) in [7, 11) is -4.14. The fraction of sp³-hybridized carbons (Fsp3) is 0.391. The zero-order chi connectivity index (χ0) is 26.4. The Morgan fingerprint density at radius 1 is 1.11 bits per heavy atom. The zero-order valence-electron chi connectivity index (χ0n) is 19.5. The Labute approximate surface area is 211 Å². The van der Waals surface area contributed by atoms with Crippen molar-refractivity contribution in [2.75, 3.05) is 23.7 Å². The summed E-state index contributed by atoms with van der Waals surface area (Å²) >= 11 is 3.32. The molecule has 0 aliphatic rings. The Morgan fingerprint density at radius 2 is 1.74 bits per heavy atom. The van der Waals surface area contributed by atoms with Crippen LogP contribution in [0.15, 0.2) is 53.0 Å². The molecular weight excluding hydrogens is 551 g/mol. The molecule has 0 fully saturated rings. The summed E-state index contributed by atoms with van der Waals surface area (Å²) in [6.45, 7) is 2.99. The van der Waals surface area contributed by atoms with Crippen molar-refractivity contribution in [2.24, 2.45) is 0 Å². The minimum atomic E-state index is -4.69. The lowest BCUT2D eigenvalue weighted by Crippen LogP contribution is -2.51. The number of hydrogen-bond acceptors (Lipinski definition) is 4. The first-order valence-electron chi connectivity index (χ1n) is 10.7. The van der Waals surface area contributed by atoms with Crippen molar-refractivity contribution in [2.45, 2.75) is 39.0 Å². The van der Waals surface area contributed by atoms with E-state index in [4.69, 9.17) is 0 Å². The highest BCUT2D eigenvalue weighted by molar-refractivity contribution is 9.10. The van der Waals surface area contributed by atoms with Crippen LogP contribution < -0.4 is 9.62 Å². The molecule has 0 bridgehead atoms. The smallest absolute Gasteiger partial charge is 0.354 e. The molecule has 0 spiro atoms. The number of amides is 2. The average Bonchev–Trinajstić information content (AvgIpc) is 2.78. The van der Waals surface area contributed by atoms with Crippen LogP contribution in [-0.2, 0) is 32.3 Å².